The lowest BCUT2D eigenvalue weighted by Gasteiger charge is -2.32. The van der Waals surface area contributed by atoms with Gasteiger partial charge in [-0.05, 0) is 38.0 Å². The Morgan fingerprint density at radius 3 is 2.72 bits per heavy atom. The fourth-order valence-electron chi connectivity index (χ4n) is 2.32. The number of piperazine rings is 1. The summed E-state index contributed by atoms with van der Waals surface area (Å²) in [6.45, 7) is 11.7. The van der Waals surface area contributed by atoms with E-state index in [1.54, 1.807) is 0 Å². The summed E-state index contributed by atoms with van der Waals surface area (Å²) in [5.41, 5.74) is 2.55. The summed E-state index contributed by atoms with van der Waals surface area (Å²) in [6.07, 6.45) is 0. The van der Waals surface area contributed by atoms with E-state index in [2.05, 4.69) is 49.2 Å². The molecular weight excluding hydrogens is 224 g/mol. The van der Waals surface area contributed by atoms with E-state index >= 15 is 0 Å². The molecule has 1 heterocycles. The third kappa shape index (κ3) is 3.24. The lowest BCUT2D eigenvalue weighted by Crippen LogP contribution is -2.49. The smallest absolute Gasteiger partial charge is 0.122 e. The largest absolute Gasteiger partial charge is 0.492 e. The molecule has 0 radical (unpaired) electrons. The summed E-state index contributed by atoms with van der Waals surface area (Å²) in [5, 5.41) is 3.38. The number of ether oxygens (including phenoxy) is 1. The van der Waals surface area contributed by atoms with Crippen LogP contribution in [0.5, 0.6) is 5.75 Å². The molecule has 1 N–H and O–H groups in total. The lowest BCUT2D eigenvalue weighted by molar-refractivity contribution is 0.131. The minimum Gasteiger partial charge on any atom is -0.492 e. The maximum absolute atomic E-state index is 5.97. The second-order valence-corrected chi connectivity index (χ2v) is 5.14. The van der Waals surface area contributed by atoms with Crippen molar-refractivity contribution in [2.75, 3.05) is 32.8 Å². The zero-order valence-corrected chi connectivity index (χ0v) is 11.7. The van der Waals surface area contributed by atoms with Crippen LogP contribution in [0.3, 0.4) is 0 Å². The van der Waals surface area contributed by atoms with Crippen LogP contribution < -0.4 is 10.1 Å². The predicted octanol–water partition coefficient (Wildman–Crippen LogP) is 1.98. The minimum absolute atomic E-state index is 0.479. The molecule has 1 aliphatic heterocycles. The fourth-order valence-corrected chi connectivity index (χ4v) is 2.32. The van der Waals surface area contributed by atoms with Gasteiger partial charge in [-0.3, -0.25) is 4.90 Å². The van der Waals surface area contributed by atoms with Crippen molar-refractivity contribution in [1.29, 1.82) is 0 Å². The highest BCUT2D eigenvalue weighted by atomic mass is 16.5. The Kier molecular flexibility index (Phi) is 4.61. The Hall–Kier alpha value is -1.06. The van der Waals surface area contributed by atoms with Gasteiger partial charge in [0.2, 0.25) is 0 Å². The van der Waals surface area contributed by atoms with Gasteiger partial charge < -0.3 is 10.1 Å². The number of aryl methyl sites for hydroxylation is 1. The Balaban J connectivity index is 1.88. The highest BCUT2D eigenvalue weighted by Crippen LogP contribution is 2.21. The molecule has 1 aromatic rings. The summed E-state index contributed by atoms with van der Waals surface area (Å²) < 4.78 is 5.97. The molecule has 1 unspecified atom stereocenters. The standard InChI is InChI=1S/C15H24N2O/c1-12-5-4-6-15(14(12)3)18-11-13(2)17-9-7-16-8-10-17/h4-6,13,16H,7-11H2,1-3H3. The summed E-state index contributed by atoms with van der Waals surface area (Å²) in [4.78, 5) is 2.49. The molecule has 3 nitrogen and oxygen atoms in total. The van der Waals surface area contributed by atoms with E-state index in [4.69, 9.17) is 4.74 Å². The summed E-state index contributed by atoms with van der Waals surface area (Å²) in [7, 11) is 0. The molecule has 0 saturated carbocycles. The third-order valence-corrected chi connectivity index (χ3v) is 3.81. The molecule has 0 amide bonds. The SMILES string of the molecule is Cc1cccc(OCC(C)N2CCNCC2)c1C. The van der Waals surface area contributed by atoms with Gasteiger partial charge in [0.15, 0.2) is 0 Å². The van der Waals surface area contributed by atoms with Crippen molar-refractivity contribution in [2.45, 2.75) is 26.8 Å². The molecule has 0 spiro atoms. The predicted molar refractivity (Wildman–Crippen MR) is 75.3 cm³/mol. The summed E-state index contributed by atoms with van der Waals surface area (Å²) >= 11 is 0. The third-order valence-electron chi connectivity index (χ3n) is 3.81. The average Bonchev–Trinajstić information content (AvgIpc) is 2.41. The van der Waals surface area contributed by atoms with Crippen molar-refractivity contribution in [3.8, 4) is 5.75 Å². The molecule has 100 valence electrons. The Morgan fingerprint density at radius 1 is 1.28 bits per heavy atom. The van der Waals surface area contributed by atoms with Crippen LogP contribution in [0.4, 0.5) is 0 Å². The molecule has 0 aromatic heterocycles. The fraction of sp³-hybridized carbons (Fsp3) is 0.600. The van der Waals surface area contributed by atoms with Gasteiger partial charge in [-0.2, -0.15) is 0 Å². The molecule has 18 heavy (non-hydrogen) atoms. The van der Waals surface area contributed by atoms with Crippen molar-refractivity contribution in [1.82, 2.24) is 10.2 Å². The van der Waals surface area contributed by atoms with Crippen LogP contribution in [-0.4, -0.2) is 43.7 Å². The first-order chi connectivity index (χ1) is 8.68. The average molecular weight is 248 g/mol. The number of nitrogens with zero attached hydrogens (tertiary/aromatic N) is 1. The number of hydrogen-bond acceptors (Lipinski definition) is 3. The van der Waals surface area contributed by atoms with Crippen LogP contribution >= 0.6 is 0 Å². The highest BCUT2D eigenvalue weighted by molar-refractivity contribution is 5.38. The Morgan fingerprint density at radius 2 is 2.00 bits per heavy atom. The van der Waals surface area contributed by atoms with Gasteiger partial charge in [0, 0.05) is 32.2 Å². The van der Waals surface area contributed by atoms with E-state index in [0.29, 0.717) is 6.04 Å². The van der Waals surface area contributed by atoms with Gasteiger partial charge in [0.05, 0.1) is 0 Å². The summed E-state index contributed by atoms with van der Waals surface area (Å²) in [5.74, 6) is 1.02. The van der Waals surface area contributed by atoms with Gasteiger partial charge in [0.25, 0.3) is 0 Å². The Labute approximate surface area is 110 Å². The molecule has 1 aliphatic rings. The van der Waals surface area contributed by atoms with Crippen LogP contribution in [0.1, 0.15) is 18.1 Å². The quantitative estimate of drug-likeness (QED) is 0.882. The van der Waals surface area contributed by atoms with E-state index in [1.807, 2.05) is 0 Å². The van der Waals surface area contributed by atoms with Crippen LogP contribution in [0.25, 0.3) is 0 Å². The topological polar surface area (TPSA) is 24.5 Å². The van der Waals surface area contributed by atoms with Gasteiger partial charge >= 0.3 is 0 Å². The summed E-state index contributed by atoms with van der Waals surface area (Å²) in [6, 6.07) is 6.73. The van der Waals surface area contributed by atoms with Gasteiger partial charge in [-0.25, -0.2) is 0 Å². The van der Waals surface area contributed by atoms with Gasteiger partial charge in [0.1, 0.15) is 12.4 Å². The van der Waals surface area contributed by atoms with Crippen LogP contribution in [0, 0.1) is 13.8 Å². The van der Waals surface area contributed by atoms with E-state index in [9.17, 15) is 0 Å². The zero-order chi connectivity index (χ0) is 13.0. The number of rotatable bonds is 4. The van der Waals surface area contributed by atoms with Crippen molar-refractivity contribution < 1.29 is 4.74 Å². The van der Waals surface area contributed by atoms with E-state index in [1.165, 1.54) is 11.1 Å². The van der Waals surface area contributed by atoms with Crippen molar-refractivity contribution >= 4 is 0 Å². The number of nitrogens with one attached hydrogen (secondary N) is 1. The number of benzene rings is 1. The second-order valence-electron chi connectivity index (χ2n) is 5.14. The minimum atomic E-state index is 0.479. The molecule has 0 bridgehead atoms. The van der Waals surface area contributed by atoms with Gasteiger partial charge in [-0.1, -0.05) is 12.1 Å². The van der Waals surface area contributed by atoms with Crippen molar-refractivity contribution in [2.24, 2.45) is 0 Å². The first-order valence-corrected chi connectivity index (χ1v) is 6.82. The maximum atomic E-state index is 5.97. The molecule has 1 fully saturated rings. The highest BCUT2D eigenvalue weighted by Gasteiger charge is 2.17. The number of hydrogen-bond donors (Lipinski definition) is 1. The molecule has 2 rings (SSSR count). The first-order valence-electron chi connectivity index (χ1n) is 6.82. The lowest BCUT2D eigenvalue weighted by atomic mass is 10.1. The van der Waals surface area contributed by atoms with Crippen LogP contribution in [0.15, 0.2) is 18.2 Å². The maximum Gasteiger partial charge on any atom is 0.122 e. The zero-order valence-electron chi connectivity index (χ0n) is 11.7. The molecular formula is C15H24N2O. The molecule has 1 atom stereocenters. The second kappa shape index (κ2) is 6.21. The molecule has 1 saturated heterocycles. The normalized spacial score (nSPS) is 18.6. The van der Waals surface area contributed by atoms with E-state index in [0.717, 1.165) is 38.5 Å². The molecule has 0 aliphatic carbocycles. The van der Waals surface area contributed by atoms with Crippen LogP contribution in [-0.2, 0) is 0 Å². The Bertz CT molecular complexity index is 386. The van der Waals surface area contributed by atoms with E-state index in [-0.39, 0.29) is 0 Å². The van der Waals surface area contributed by atoms with Gasteiger partial charge in [-0.15, -0.1) is 0 Å². The van der Waals surface area contributed by atoms with Crippen molar-refractivity contribution in [3.63, 3.8) is 0 Å². The molecule has 3 heteroatoms. The molecule has 1 aromatic carbocycles. The first kappa shape index (κ1) is 13.4. The van der Waals surface area contributed by atoms with Crippen LogP contribution in [0.2, 0.25) is 0 Å². The monoisotopic (exact) mass is 248 g/mol. The van der Waals surface area contributed by atoms with E-state index < -0.39 is 0 Å². The van der Waals surface area contributed by atoms with Crippen molar-refractivity contribution in [3.05, 3.63) is 29.3 Å².